The lowest BCUT2D eigenvalue weighted by molar-refractivity contribution is 0.609. The average molecular weight is 572 g/mol. The highest BCUT2D eigenvalue weighted by atomic mass is 15.2. The average Bonchev–Trinajstić information content (AvgIpc) is 3.09. The van der Waals surface area contributed by atoms with E-state index in [2.05, 4.69) is 153 Å². The molecule has 216 valence electrons. The number of nitrogens with one attached hydrogen (secondary N) is 1. The molecule has 0 aliphatic carbocycles. The second-order valence-electron chi connectivity index (χ2n) is 11.1. The van der Waals surface area contributed by atoms with E-state index in [0.717, 1.165) is 34.8 Å². The van der Waals surface area contributed by atoms with Crippen LogP contribution in [-0.2, 0) is 0 Å². The summed E-state index contributed by atoms with van der Waals surface area (Å²) in [6, 6.07) is 51.4. The van der Waals surface area contributed by atoms with Crippen molar-refractivity contribution in [2.45, 2.75) is 33.4 Å². The van der Waals surface area contributed by atoms with Gasteiger partial charge in [-0.25, -0.2) is 9.98 Å². The Morgan fingerprint density at radius 2 is 0.909 bits per heavy atom. The molecular weight excluding hydrogens is 534 g/mol. The molecule has 1 aliphatic rings. The van der Waals surface area contributed by atoms with E-state index < -0.39 is 0 Å². The minimum atomic E-state index is -0.00282. The quantitative estimate of drug-likeness (QED) is 0.216. The van der Waals surface area contributed by atoms with E-state index in [0.29, 0.717) is 0 Å². The first-order valence-electron chi connectivity index (χ1n) is 15.3. The molecule has 0 fully saturated rings. The van der Waals surface area contributed by atoms with Crippen LogP contribution in [0.1, 0.15) is 35.6 Å². The van der Waals surface area contributed by atoms with E-state index in [4.69, 9.17) is 9.98 Å². The Bertz CT molecular complexity index is 1850. The van der Waals surface area contributed by atoms with Gasteiger partial charge in [-0.3, -0.25) is 0 Å². The summed E-state index contributed by atoms with van der Waals surface area (Å²) in [6.07, 6.45) is 0.881. The van der Waals surface area contributed by atoms with Crippen LogP contribution in [0.25, 0.3) is 33.4 Å². The summed E-state index contributed by atoms with van der Waals surface area (Å²) in [5, 5.41) is 3.47. The first kappa shape index (κ1) is 28.8. The fourth-order valence-electron chi connectivity index (χ4n) is 5.51. The van der Waals surface area contributed by atoms with E-state index >= 15 is 0 Å². The molecular formula is C41H37N3. The van der Waals surface area contributed by atoms with E-state index in [1.165, 1.54) is 38.9 Å². The van der Waals surface area contributed by atoms with Crippen LogP contribution in [0.15, 0.2) is 156 Å². The summed E-state index contributed by atoms with van der Waals surface area (Å²) in [7, 11) is 0. The number of aliphatic imine (C=N–C) groups is 2. The molecule has 0 spiro atoms. The zero-order chi connectivity index (χ0) is 30.3. The van der Waals surface area contributed by atoms with Crippen LogP contribution in [0.5, 0.6) is 0 Å². The van der Waals surface area contributed by atoms with Gasteiger partial charge in [0.15, 0.2) is 5.84 Å². The lowest BCUT2D eigenvalue weighted by atomic mass is 9.96. The van der Waals surface area contributed by atoms with Crippen LogP contribution in [0.4, 0.5) is 0 Å². The fraction of sp³-hybridized carbons (Fsp3) is 0.122. The standard InChI is InChI=1S/C41H37N3/c1-4-39-42-40(35-17-9-6-10-18-35)44-41(43-39)36-25-23-34(24-26-36)38-28-27-37(29(2)13-11-12-14-30(38)3)33-21-19-32(20-22-33)31-15-7-5-8-16-31/h5-28,39H,4H2,1-3H3,(H,42,43,44). The third kappa shape index (κ3) is 6.53. The van der Waals surface area contributed by atoms with Gasteiger partial charge in [0.05, 0.1) is 0 Å². The van der Waals surface area contributed by atoms with Gasteiger partial charge < -0.3 is 5.32 Å². The molecule has 1 unspecified atom stereocenters. The Kier molecular flexibility index (Phi) is 8.75. The predicted molar refractivity (Wildman–Crippen MR) is 187 cm³/mol. The largest absolute Gasteiger partial charge is 0.348 e. The Morgan fingerprint density at radius 3 is 1.43 bits per heavy atom. The lowest BCUT2D eigenvalue weighted by Crippen LogP contribution is -2.38. The molecule has 3 nitrogen and oxygen atoms in total. The first-order chi connectivity index (χ1) is 21.6. The summed E-state index contributed by atoms with van der Waals surface area (Å²) in [5.41, 5.74) is 11.7. The van der Waals surface area contributed by atoms with Gasteiger partial charge in [0.25, 0.3) is 0 Å². The van der Waals surface area contributed by atoms with Crippen molar-refractivity contribution in [3.63, 3.8) is 0 Å². The molecule has 0 aromatic heterocycles. The van der Waals surface area contributed by atoms with Crippen molar-refractivity contribution >= 4 is 11.7 Å². The number of aryl methyl sites for hydroxylation is 2. The van der Waals surface area contributed by atoms with Gasteiger partial charge in [0.1, 0.15) is 12.0 Å². The third-order valence-corrected chi connectivity index (χ3v) is 8.06. The Balaban J connectivity index is 1.35. The fourth-order valence-corrected chi connectivity index (χ4v) is 5.51. The SMILES string of the molecule is CCC1N=C(c2ccc(-c3ccc(-c4ccc(-c5ccccc5)cc4)c(C)ccccc3C)cc2)N=C(c2ccccc2)N1. The molecule has 0 amide bonds. The number of nitrogens with zero attached hydrogens (tertiary/aromatic N) is 2. The number of rotatable bonds is 6. The topological polar surface area (TPSA) is 36.8 Å². The second kappa shape index (κ2) is 13.4. The maximum atomic E-state index is 4.91. The summed E-state index contributed by atoms with van der Waals surface area (Å²) >= 11 is 0. The van der Waals surface area contributed by atoms with Crippen LogP contribution >= 0.6 is 0 Å². The van der Waals surface area contributed by atoms with Gasteiger partial charge in [0, 0.05) is 11.1 Å². The summed E-state index contributed by atoms with van der Waals surface area (Å²) in [5.74, 6) is 1.63. The molecule has 1 aliphatic heterocycles. The molecule has 3 heteroatoms. The summed E-state index contributed by atoms with van der Waals surface area (Å²) in [4.78, 5) is 9.81. The maximum Gasteiger partial charge on any atom is 0.159 e. The maximum absolute atomic E-state index is 4.91. The first-order valence-corrected chi connectivity index (χ1v) is 15.3. The second-order valence-corrected chi connectivity index (χ2v) is 11.1. The Morgan fingerprint density at radius 1 is 0.477 bits per heavy atom. The van der Waals surface area contributed by atoms with Crippen LogP contribution in [0.2, 0.25) is 0 Å². The van der Waals surface area contributed by atoms with Crippen molar-refractivity contribution in [3.8, 4) is 33.4 Å². The lowest BCUT2D eigenvalue weighted by Gasteiger charge is -2.22. The van der Waals surface area contributed by atoms with Crippen LogP contribution in [-0.4, -0.2) is 17.8 Å². The van der Waals surface area contributed by atoms with Gasteiger partial charge in [-0.05, 0) is 64.8 Å². The van der Waals surface area contributed by atoms with Crippen LogP contribution < -0.4 is 5.32 Å². The monoisotopic (exact) mass is 571 g/mol. The molecule has 5 aromatic carbocycles. The molecule has 0 radical (unpaired) electrons. The molecule has 0 bridgehead atoms. The van der Waals surface area contributed by atoms with Gasteiger partial charge in [-0.2, -0.15) is 0 Å². The van der Waals surface area contributed by atoms with Gasteiger partial charge in [-0.15, -0.1) is 0 Å². The molecule has 1 heterocycles. The van der Waals surface area contributed by atoms with Crippen molar-refractivity contribution in [2.75, 3.05) is 0 Å². The normalized spacial score (nSPS) is 14.1. The smallest absolute Gasteiger partial charge is 0.159 e. The number of hydrogen-bond acceptors (Lipinski definition) is 3. The summed E-state index contributed by atoms with van der Waals surface area (Å²) in [6.45, 7) is 6.49. The number of benzene rings is 4. The Hall–Kier alpha value is -5.28. The zero-order valence-corrected chi connectivity index (χ0v) is 25.5. The van der Waals surface area contributed by atoms with Crippen molar-refractivity contribution in [1.29, 1.82) is 0 Å². The van der Waals surface area contributed by atoms with Crippen LogP contribution in [0.3, 0.4) is 0 Å². The van der Waals surface area contributed by atoms with E-state index in [-0.39, 0.29) is 6.17 Å². The molecule has 6 rings (SSSR count). The highest BCUT2D eigenvalue weighted by Crippen LogP contribution is 2.29. The number of amidine groups is 2. The van der Waals surface area contributed by atoms with Crippen molar-refractivity contribution in [2.24, 2.45) is 9.98 Å². The minimum absolute atomic E-state index is 0.00282. The molecule has 1 atom stereocenters. The van der Waals surface area contributed by atoms with Crippen molar-refractivity contribution < 1.29 is 0 Å². The highest BCUT2D eigenvalue weighted by molar-refractivity contribution is 6.13. The zero-order valence-electron chi connectivity index (χ0n) is 25.5. The summed E-state index contributed by atoms with van der Waals surface area (Å²) < 4.78 is 0. The predicted octanol–water partition coefficient (Wildman–Crippen LogP) is 9.96. The van der Waals surface area contributed by atoms with Gasteiger partial charge in [-0.1, -0.05) is 153 Å². The molecule has 44 heavy (non-hydrogen) atoms. The van der Waals surface area contributed by atoms with Gasteiger partial charge >= 0.3 is 0 Å². The minimum Gasteiger partial charge on any atom is -0.348 e. The van der Waals surface area contributed by atoms with Crippen LogP contribution in [0, 0.1) is 13.8 Å². The molecule has 1 N–H and O–H groups in total. The Labute approximate surface area is 261 Å². The highest BCUT2D eigenvalue weighted by Gasteiger charge is 2.18. The molecule has 5 aromatic rings. The van der Waals surface area contributed by atoms with Gasteiger partial charge in [0.2, 0.25) is 0 Å². The molecule has 0 saturated carbocycles. The number of hydrogen-bond donors (Lipinski definition) is 1. The van der Waals surface area contributed by atoms with Crippen molar-refractivity contribution in [1.82, 2.24) is 5.32 Å². The van der Waals surface area contributed by atoms with Crippen molar-refractivity contribution in [3.05, 3.63) is 168 Å². The third-order valence-electron chi connectivity index (χ3n) is 8.06. The van der Waals surface area contributed by atoms with E-state index in [1.54, 1.807) is 0 Å². The van der Waals surface area contributed by atoms with E-state index in [1.807, 2.05) is 18.2 Å². The molecule has 0 saturated heterocycles. The van der Waals surface area contributed by atoms with E-state index in [9.17, 15) is 0 Å².